The molecular weight excluding hydrogens is 426 g/mol. The van der Waals surface area contributed by atoms with Gasteiger partial charge in [-0.15, -0.1) is 0 Å². The fourth-order valence-electron chi connectivity index (χ4n) is 0. The molecule has 0 aromatic heterocycles. The third kappa shape index (κ3) is 219. The third-order valence-corrected chi connectivity index (χ3v) is 0. The van der Waals surface area contributed by atoms with Gasteiger partial charge in [-0.05, 0) is 0 Å². The van der Waals surface area contributed by atoms with E-state index in [2.05, 4.69) is 0 Å². The van der Waals surface area contributed by atoms with Gasteiger partial charge in [-0.1, -0.05) is 0 Å². The summed E-state index contributed by atoms with van der Waals surface area (Å²) < 4.78 is 0. The van der Waals surface area contributed by atoms with Gasteiger partial charge < -0.3 is 32.9 Å². The second kappa shape index (κ2) is 278. The van der Waals surface area contributed by atoms with Crippen molar-refractivity contribution < 1.29 is 135 Å². The molecule has 0 spiro atoms. The van der Waals surface area contributed by atoms with Gasteiger partial charge >= 0.3 is 102 Å². The molecule has 12 heteroatoms. The maximum atomic E-state index is 0. The zero-order valence-electron chi connectivity index (χ0n) is 4.72. The van der Waals surface area contributed by atoms with Crippen LogP contribution in [0.25, 0.3) is 0 Å². The van der Waals surface area contributed by atoms with E-state index in [1.54, 1.807) is 0 Å². The Morgan fingerprint density at radius 2 is 0.167 bits per heavy atom. The first-order chi connectivity index (χ1) is 0. The Morgan fingerprint density at radius 3 is 0.167 bits per heavy atom. The second-order valence-corrected chi connectivity index (χ2v) is 0. The van der Waals surface area contributed by atoms with Crippen molar-refractivity contribution in [2.75, 3.05) is 0 Å². The Morgan fingerprint density at radius 1 is 0.167 bits per heavy atom. The monoisotopic (exact) mass is 426 g/mol. The van der Waals surface area contributed by atoms with Crippen LogP contribution in [0.4, 0.5) is 0 Å². The van der Waals surface area contributed by atoms with Crippen LogP contribution in [-0.2, 0) is 135 Å². The zero-order chi connectivity index (χ0) is 0. The molecule has 0 heterocycles. The summed E-state index contributed by atoms with van der Waals surface area (Å²) >= 11 is 0. The van der Waals surface area contributed by atoms with Crippen molar-refractivity contribution in [1.82, 2.24) is 0 Å². The van der Waals surface area contributed by atoms with E-state index >= 15 is 0 Å². The summed E-state index contributed by atoms with van der Waals surface area (Å²) in [6.45, 7) is 0. The summed E-state index contributed by atoms with van der Waals surface area (Å²) in [6.07, 6.45) is 0. The summed E-state index contributed by atoms with van der Waals surface area (Å²) in [5, 5.41) is 0. The topological polar surface area (TPSA) is 171 Å². The maximum absolute atomic E-state index is 0. The van der Waals surface area contributed by atoms with E-state index in [1.807, 2.05) is 0 Å². The molecule has 0 unspecified atom stereocenters. The van der Waals surface area contributed by atoms with Crippen molar-refractivity contribution in [3.8, 4) is 0 Å². The molecule has 0 fully saturated rings. The molecule has 0 aliphatic carbocycles. The summed E-state index contributed by atoms with van der Waals surface area (Å²) in [4.78, 5) is 0. The van der Waals surface area contributed by atoms with Crippen LogP contribution < -0.4 is 0 Å². The smallest absolute Gasteiger partial charge is 2.00 e. The summed E-state index contributed by atoms with van der Waals surface area (Å²) in [6, 6.07) is 0. The molecule has 0 saturated carbocycles. The van der Waals surface area contributed by atoms with E-state index in [1.165, 1.54) is 0 Å². The van der Waals surface area contributed by atoms with Crippen molar-refractivity contribution in [3.05, 3.63) is 0 Å². The molecule has 0 aliphatic rings. The Bertz CT molecular complexity index is 12.0. The van der Waals surface area contributed by atoms with Gasteiger partial charge in [0.05, 0.1) is 0 Å². The first-order valence-corrected chi connectivity index (χ1v) is 0. The molecule has 0 N–H and O–H groups in total. The van der Waals surface area contributed by atoms with Crippen molar-refractivity contribution in [2.45, 2.75) is 0 Å². The van der Waals surface area contributed by atoms with Gasteiger partial charge in [0.1, 0.15) is 0 Å². The van der Waals surface area contributed by atoms with E-state index in [9.17, 15) is 0 Å². The molecule has 0 rings (SSSR count). The van der Waals surface area contributed by atoms with Gasteiger partial charge in [-0.3, -0.25) is 0 Å². The van der Waals surface area contributed by atoms with Crippen molar-refractivity contribution in [2.24, 2.45) is 0 Å². The second-order valence-electron chi connectivity index (χ2n) is 0. The first kappa shape index (κ1) is 346. The van der Waals surface area contributed by atoms with Crippen LogP contribution in [0.5, 0.6) is 0 Å². The molecule has 0 saturated heterocycles. The van der Waals surface area contributed by atoms with Crippen molar-refractivity contribution in [1.29, 1.82) is 0 Å². The molecule has 0 aliphatic heterocycles. The Balaban J connectivity index is 0. The van der Waals surface area contributed by atoms with Crippen LogP contribution in [0.3, 0.4) is 0 Å². The van der Waals surface area contributed by atoms with Crippen LogP contribution in [0, 0.1) is 0 Å². The summed E-state index contributed by atoms with van der Waals surface area (Å²) in [5.74, 6) is 0. The largest absolute Gasteiger partial charge is 2.00 e. The molecular formula is Mn6O6. The minimum Gasteiger partial charge on any atom is -2.00 e. The zero-order valence-corrected chi connectivity index (χ0v) is 11.8. The normalized spacial score (nSPS) is 0. The average Bonchev–Trinajstić information content (AvgIpc) is 0. The minimum absolute atomic E-state index is 0. The Hall–Kier alpha value is 2.88. The Kier molecular flexibility index (Phi) is 8020. The first-order valence-electron chi connectivity index (χ1n) is 0. The minimum atomic E-state index is 0. The van der Waals surface area contributed by atoms with E-state index in [4.69, 9.17) is 0 Å². The van der Waals surface area contributed by atoms with Gasteiger partial charge in [0, 0.05) is 0 Å². The predicted molar refractivity (Wildman–Crippen MR) is 4.12 cm³/mol. The number of hydrogen-bond donors (Lipinski definition) is 0. The molecule has 0 atom stereocenters. The SMILES string of the molecule is [Mn+2].[Mn+2].[Mn+2].[Mn+2].[Mn+2].[Mn+2].[O-2].[O-2].[O-2].[O-2].[O-2].[O-2]. The number of hydrogen-bond acceptors (Lipinski definition) is 0. The van der Waals surface area contributed by atoms with Gasteiger partial charge in [0.15, 0.2) is 0 Å². The van der Waals surface area contributed by atoms with Crippen molar-refractivity contribution in [3.63, 3.8) is 0 Å². The van der Waals surface area contributed by atoms with E-state index in [0.717, 1.165) is 0 Å². The molecule has 78 valence electrons. The molecule has 0 aromatic carbocycles. The van der Waals surface area contributed by atoms with Crippen LogP contribution >= 0.6 is 0 Å². The fourth-order valence-corrected chi connectivity index (χ4v) is 0. The number of rotatable bonds is 0. The average molecular weight is 426 g/mol. The predicted octanol–water partition coefficient (Wildman–Crippen LogP) is -0.728. The van der Waals surface area contributed by atoms with E-state index in [-0.39, 0.29) is 135 Å². The van der Waals surface area contributed by atoms with Crippen LogP contribution in [0.2, 0.25) is 0 Å². The van der Waals surface area contributed by atoms with Crippen molar-refractivity contribution >= 4 is 0 Å². The van der Waals surface area contributed by atoms with E-state index in [0.29, 0.717) is 0 Å². The van der Waals surface area contributed by atoms with Gasteiger partial charge in [0.2, 0.25) is 0 Å². The summed E-state index contributed by atoms with van der Waals surface area (Å²) in [7, 11) is 0. The summed E-state index contributed by atoms with van der Waals surface area (Å²) in [5.41, 5.74) is 0. The molecule has 12 heavy (non-hydrogen) atoms. The van der Waals surface area contributed by atoms with Gasteiger partial charge in [-0.25, -0.2) is 0 Å². The molecule has 6 radical (unpaired) electrons. The van der Waals surface area contributed by atoms with Crippen LogP contribution in [0.15, 0.2) is 0 Å². The fraction of sp³-hybridized carbons (Fsp3) is 0. The maximum Gasteiger partial charge on any atom is 2.00 e. The van der Waals surface area contributed by atoms with Gasteiger partial charge in [-0.2, -0.15) is 0 Å². The van der Waals surface area contributed by atoms with Crippen LogP contribution in [-0.4, -0.2) is 0 Å². The third-order valence-electron chi connectivity index (χ3n) is 0. The molecule has 6 nitrogen and oxygen atoms in total. The molecule has 0 aromatic rings. The standard InChI is InChI=1S/6Mn.6O/q6*+2;6*-2. The van der Waals surface area contributed by atoms with Gasteiger partial charge in [0.25, 0.3) is 0 Å². The van der Waals surface area contributed by atoms with E-state index < -0.39 is 0 Å². The van der Waals surface area contributed by atoms with Crippen LogP contribution in [0.1, 0.15) is 0 Å². The molecule has 0 bridgehead atoms. The Labute approximate surface area is 134 Å². The quantitative estimate of drug-likeness (QED) is 0.446. The molecule has 0 amide bonds.